The van der Waals surface area contributed by atoms with Gasteiger partial charge in [-0.25, -0.2) is 0 Å². The van der Waals surface area contributed by atoms with Crippen LogP contribution in [0.15, 0.2) is 49.1 Å². The molecule has 4 heteroatoms. The summed E-state index contributed by atoms with van der Waals surface area (Å²) in [5.74, 6) is 0.715. The first-order valence-corrected chi connectivity index (χ1v) is 9.19. The fourth-order valence-electron chi connectivity index (χ4n) is 2.75. The van der Waals surface area contributed by atoms with Gasteiger partial charge in [0.15, 0.2) is 0 Å². The van der Waals surface area contributed by atoms with E-state index in [2.05, 4.69) is 44.7 Å². The fourth-order valence-corrected chi connectivity index (χ4v) is 2.75. The van der Waals surface area contributed by atoms with Gasteiger partial charge in [-0.1, -0.05) is 42.8 Å². The zero-order valence-corrected chi connectivity index (χ0v) is 16.5. The Kier molecular flexibility index (Phi) is 10.6. The molecule has 0 saturated heterocycles. The molecule has 4 nitrogen and oxygen atoms in total. The van der Waals surface area contributed by atoms with E-state index in [1.165, 1.54) is 16.7 Å². The Bertz CT molecular complexity index is 722. The molecule has 0 heterocycles. The van der Waals surface area contributed by atoms with Gasteiger partial charge < -0.3 is 14.6 Å². The third-order valence-corrected chi connectivity index (χ3v) is 3.92. The van der Waals surface area contributed by atoms with E-state index >= 15 is 0 Å². The van der Waals surface area contributed by atoms with E-state index in [-0.39, 0.29) is 13.2 Å². The highest BCUT2D eigenvalue weighted by atomic mass is 16.5. The molecular formula is C23H30O4. The second kappa shape index (κ2) is 12.7. The molecule has 0 aliphatic carbocycles. The van der Waals surface area contributed by atoms with Gasteiger partial charge in [-0.15, -0.1) is 6.58 Å². The molecule has 0 aliphatic rings. The summed E-state index contributed by atoms with van der Waals surface area (Å²) in [5, 5.41) is 8.96. The molecule has 2 aromatic carbocycles. The molecule has 0 aliphatic heterocycles. The number of rotatable bonds is 9. The van der Waals surface area contributed by atoms with Crippen molar-refractivity contribution in [1.82, 2.24) is 0 Å². The van der Waals surface area contributed by atoms with Crippen LogP contribution in [-0.4, -0.2) is 31.4 Å². The first-order chi connectivity index (χ1) is 13.1. The SMILES string of the molecule is C=CC.CCc1cc(C)ccc1-c1ccc(OCCO)c(CCOC=O)c1. The number of hydrogen-bond acceptors (Lipinski definition) is 4. The van der Waals surface area contributed by atoms with Crippen LogP contribution in [0.4, 0.5) is 0 Å². The molecule has 0 bridgehead atoms. The summed E-state index contributed by atoms with van der Waals surface area (Å²) in [6.45, 7) is 10.5. The third kappa shape index (κ3) is 7.27. The van der Waals surface area contributed by atoms with Crippen molar-refractivity contribution in [3.8, 4) is 16.9 Å². The maximum absolute atomic E-state index is 10.4. The zero-order valence-electron chi connectivity index (χ0n) is 16.5. The minimum Gasteiger partial charge on any atom is -0.491 e. The normalized spacial score (nSPS) is 9.78. The van der Waals surface area contributed by atoms with Crippen LogP contribution in [0.2, 0.25) is 0 Å². The summed E-state index contributed by atoms with van der Waals surface area (Å²) < 4.78 is 10.4. The number of carbonyl (C=O) groups excluding carboxylic acids is 1. The lowest BCUT2D eigenvalue weighted by Gasteiger charge is -2.15. The molecule has 0 spiro atoms. The van der Waals surface area contributed by atoms with Crippen LogP contribution in [0.5, 0.6) is 5.75 Å². The quantitative estimate of drug-likeness (QED) is 0.401. The Balaban J connectivity index is 0.00000114. The van der Waals surface area contributed by atoms with Gasteiger partial charge in [0.2, 0.25) is 0 Å². The number of aryl methyl sites for hydroxylation is 2. The molecular weight excluding hydrogens is 340 g/mol. The molecule has 1 N–H and O–H groups in total. The van der Waals surface area contributed by atoms with Gasteiger partial charge in [0.05, 0.1) is 13.2 Å². The summed E-state index contributed by atoms with van der Waals surface area (Å²) in [4.78, 5) is 10.4. The maximum atomic E-state index is 10.4. The number of aliphatic hydroxyl groups excluding tert-OH is 1. The van der Waals surface area contributed by atoms with Gasteiger partial charge in [-0.05, 0) is 54.7 Å². The summed E-state index contributed by atoms with van der Waals surface area (Å²) in [6.07, 6.45) is 3.28. The monoisotopic (exact) mass is 370 g/mol. The van der Waals surface area contributed by atoms with E-state index < -0.39 is 0 Å². The summed E-state index contributed by atoms with van der Waals surface area (Å²) in [6, 6.07) is 12.5. The Hall–Kier alpha value is -2.59. The second-order valence-corrected chi connectivity index (χ2v) is 6.03. The predicted octanol–water partition coefficient (Wildman–Crippen LogP) is 4.50. The Morgan fingerprint density at radius 3 is 2.48 bits per heavy atom. The van der Waals surface area contributed by atoms with E-state index in [0.717, 1.165) is 17.5 Å². The molecule has 0 aromatic heterocycles. The largest absolute Gasteiger partial charge is 0.491 e. The highest BCUT2D eigenvalue weighted by Gasteiger charge is 2.10. The van der Waals surface area contributed by atoms with E-state index in [1.54, 1.807) is 6.08 Å². The number of aliphatic hydroxyl groups is 1. The smallest absolute Gasteiger partial charge is 0.293 e. The molecule has 0 amide bonds. The van der Waals surface area contributed by atoms with Crippen LogP contribution in [0, 0.1) is 6.92 Å². The standard InChI is InChI=1S/C20H24O4.C3H6/c1-3-16-12-15(2)4-6-19(16)17-5-7-20(24-11-9-21)18(13-17)8-10-23-14-22;1-3-2/h4-7,12-14,21H,3,8-11H2,1-2H3;3H,1H2,2H3. The lowest BCUT2D eigenvalue weighted by atomic mass is 9.94. The van der Waals surface area contributed by atoms with Crippen molar-refractivity contribution in [2.24, 2.45) is 0 Å². The van der Waals surface area contributed by atoms with Crippen LogP contribution in [0.3, 0.4) is 0 Å². The lowest BCUT2D eigenvalue weighted by Crippen LogP contribution is -2.06. The molecule has 0 radical (unpaired) electrons. The minimum atomic E-state index is -0.0377. The van der Waals surface area contributed by atoms with E-state index in [1.807, 2.05) is 19.1 Å². The predicted molar refractivity (Wildman–Crippen MR) is 110 cm³/mol. The van der Waals surface area contributed by atoms with Crippen LogP contribution < -0.4 is 4.74 Å². The zero-order chi connectivity index (χ0) is 20.1. The molecule has 0 fully saturated rings. The minimum absolute atomic E-state index is 0.0377. The Morgan fingerprint density at radius 1 is 1.11 bits per heavy atom. The van der Waals surface area contributed by atoms with Gasteiger partial charge in [0.25, 0.3) is 6.47 Å². The average Bonchev–Trinajstić information content (AvgIpc) is 2.67. The summed E-state index contributed by atoms with van der Waals surface area (Å²) >= 11 is 0. The van der Waals surface area contributed by atoms with Crippen molar-refractivity contribution in [2.45, 2.75) is 33.6 Å². The number of carbonyl (C=O) groups is 1. The summed E-state index contributed by atoms with van der Waals surface area (Å²) in [5.41, 5.74) is 5.83. The Morgan fingerprint density at radius 2 is 1.85 bits per heavy atom. The molecule has 146 valence electrons. The van der Waals surface area contributed by atoms with E-state index in [4.69, 9.17) is 14.6 Å². The number of ether oxygens (including phenoxy) is 2. The average molecular weight is 370 g/mol. The van der Waals surface area contributed by atoms with Crippen LogP contribution in [0.1, 0.15) is 30.5 Å². The molecule has 0 saturated carbocycles. The second-order valence-electron chi connectivity index (χ2n) is 6.03. The first-order valence-electron chi connectivity index (χ1n) is 9.19. The fraction of sp³-hybridized carbons (Fsp3) is 0.348. The van der Waals surface area contributed by atoms with Crippen LogP contribution in [0.25, 0.3) is 11.1 Å². The topological polar surface area (TPSA) is 55.8 Å². The van der Waals surface area contributed by atoms with Crippen LogP contribution >= 0.6 is 0 Å². The molecule has 0 unspecified atom stereocenters. The first kappa shape index (κ1) is 22.5. The van der Waals surface area contributed by atoms with E-state index in [0.29, 0.717) is 25.2 Å². The van der Waals surface area contributed by atoms with Crippen molar-refractivity contribution < 1.29 is 19.4 Å². The summed E-state index contributed by atoms with van der Waals surface area (Å²) in [7, 11) is 0. The molecule has 0 atom stereocenters. The van der Waals surface area contributed by atoms with Gasteiger partial charge in [0.1, 0.15) is 12.4 Å². The number of hydrogen-bond donors (Lipinski definition) is 1. The van der Waals surface area contributed by atoms with Crippen molar-refractivity contribution in [3.63, 3.8) is 0 Å². The maximum Gasteiger partial charge on any atom is 0.293 e. The van der Waals surface area contributed by atoms with Crippen LogP contribution in [-0.2, 0) is 22.4 Å². The number of allylic oxidation sites excluding steroid dienone is 1. The number of benzene rings is 2. The highest BCUT2D eigenvalue weighted by Crippen LogP contribution is 2.30. The molecule has 2 aromatic rings. The van der Waals surface area contributed by atoms with Gasteiger partial charge in [-0.2, -0.15) is 0 Å². The van der Waals surface area contributed by atoms with Crippen molar-refractivity contribution in [3.05, 3.63) is 65.7 Å². The lowest BCUT2D eigenvalue weighted by molar-refractivity contribution is -0.128. The Labute approximate surface area is 162 Å². The van der Waals surface area contributed by atoms with Crippen molar-refractivity contribution >= 4 is 6.47 Å². The highest BCUT2D eigenvalue weighted by molar-refractivity contribution is 5.69. The van der Waals surface area contributed by atoms with Crippen molar-refractivity contribution in [2.75, 3.05) is 19.8 Å². The van der Waals surface area contributed by atoms with E-state index in [9.17, 15) is 4.79 Å². The van der Waals surface area contributed by atoms with Crippen molar-refractivity contribution in [1.29, 1.82) is 0 Å². The van der Waals surface area contributed by atoms with Gasteiger partial charge >= 0.3 is 0 Å². The van der Waals surface area contributed by atoms with Gasteiger partial charge in [0, 0.05) is 6.42 Å². The molecule has 2 rings (SSSR count). The third-order valence-electron chi connectivity index (χ3n) is 3.92. The van der Waals surface area contributed by atoms with Gasteiger partial charge in [-0.3, -0.25) is 4.79 Å². The molecule has 27 heavy (non-hydrogen) atoms.